The third-order valence-electron chi connectivity index (χ3n) is 12.3. The van der Waals surface area contributed by atoms with E-state index in [1.807, 2.05) is 33.8 Å². The predicted molar refractivity (Wildman–Crippen MR) is 154 cm³/mol. The number of carbonyl (C=O) groups excluding carboxylic acids is 4. The molecule has 43 heavy (non-hydrogen) atoms. The zero-order chi connectivity index (χ0) is 31.5. The number of epoxide rings is 1. The molecule has 6 rings (SSSR count). The third kappa shape index (κ3) is 4.34. The fourth-order valence-corrected chi connectivity index (χ4v) is 10.4. The standard InChI is InChI=1S/C34H46O9/c1-17(35)39-25-15-24-30(3,4)42-27(37)16-26(40-18(2)36)34(24,9)23-12-13-32(7)20(10-11-22(32)33(23,25)8)19-14-21(41-29(19)38)28-31(5,6)43-28/h11,14,20-21,23-26,28H,10,12-13,15-16H2,1-9H3/t20-,21+,23-,24-,25+,26-,28-,32-,33-,34+/m0/s1. The lowest BCUT2D eigenvalue weighted by molar-refractivity contribution is -0.226. The minimum atomic E-state index is -0.875. The smallest absolute Gasteiger partial charge is 0.334 e. The summed E-state index contributed by atoms with van der Waals surface area (Å²) >= 11 is 0. The summed E-state index contributed by atoms with van der Waals surface area (Å²) in [7, 11) is 0. The van der Waals surface area contributed by atoms with Gasteiger partial charge in [0.15, 0.2) is 6.10 Å². The Morgan fingerprint density at radius 2 is 1.53 bits per heavy atom. The summed E-state index contributed by atoms with van der Waals surface area (Å²) in [5, 5.41) is 0. The van der Waals surface area contributed by atoms with Crippen molar-refractivity contribution in [2.75, 3.05) is 0 Å². The van der Waals surface area contributed by atoms with Gasteiger partial charge in [-0.05, 0) is 70.8 Å². The molecule has 0 amide bonds. The molecule has 0 spiro atoms. The van der Waals surface area contributed by atoms with Crippen LogP contribution >= 0.6 is 0 Å². The largest absolute Gasteiger partial charge is 0.462 e. The van der Waals surface area contributed by atoms with E-state index < -0.39 is 46.7 Å². The second-order valence-corrected chi connectivity index (χ2v) is 15.5. The highest BCUT2D eigenvalue weighted by molar-refractivity contribution is 5.92. The maximum atomic E-state index is 13.3. The van der Waals surface area contributed by atoms with Crippen molar-refractivity contribution < 1.29 is 42.9 Å². The Bertz CT molecular complexity index is 1340. The molecule has 0 unspecified atom stereocenters. The molecule has 2 saturated heterocycles. The molecule has 0 N–H and O–H groups in total. The molecule has 3 aliphatic carbocycles. The van der Waals surface area contributed by atoms with Crippen LogP contribution in [-0.4, -0.2) is 59.5 Å². The second-order valence-electron chi connectivity index (χ2n) is 15.5. The molecule has 0 radical (unpaired) electrons. The van der Waals surface area contributed by atoms with Gasteiger partial charge in [-0.2, -0.15) is 0 Å². The Kier molecular flexibility index (Phi) is 6.64. The molecule has 3 aliphatic heterocycles. The topological polar surface area (TPSA) is 118 Å². The minimum Gasteiger partial charge on any atom is -0.462 e. The number of rotatable bonds is 4. The highest BCUT2D eigenvalue weighted by atomic mass is 16.6. The number of fused-ring (bicyclic) bond motifs is 5. The van der Waals surface area contributed by atoms with E-state index in [9.17, 15) is 19.2 Å². The lowest BCUT2D eigenvalue weighted by Gasteiger charge is -2.66. The van der Waals surface area contributed by atoms with Crippen LogP contribution in [0.25, 0.3) is 0 Å². The summed E-state index contributed by atoms with van der Waals surface area (Å²) in [6.45, 7) is 17.2. The van der Waals surface area contributed by atoms with Crippen molar-refractivity contribution in [2.45, 2.75) is 130 Å². The lowest BCUT2D eigenvalue weighted by atomic mass is 9.39. The Morgan fingerprint density at radius 3 is 2.14 bits per heavy atom. The van der Waals surface area contributed by atoms with E-state index in [1.54, 1.807) is 0 Å². The van der Waals surface area contributed by atoms with E-state index in [4.69, 9.17) is 23.7 Å². The Morgan fingerprint density at radius 1 is 0.907 bits per heavy atom. The van der Waals surface area contributed by atoms with E-state index in [0.29, 0.717) is 18.4 Å². The lowest BCUT2D eigenvalue weighted by Crippen LogP contribution is -2.67. The summed E-state index contributed by atoms with van der Waals surface area (Å²) in [5.41, 5.74) is -0.988. The molecule has 4 fully saturated rings. The third-order valence-corrected chi connectivity index (χ3v) is 12.3. The van der Waals surface area contributed by atoms with E-state index in [1.165, 1.54) is 19.4 Å². The van der Waals surface area contributed by atoms with Gasteiger partial charge in [-0.15, -0.1) is 0 Å². The number of cyclic esters (lactones) is 2. The molecule has 0 aromatic carbocycles. The van der Waals surface area contributed by atoms with Gasteiger partial charge < -0.3 is 23.7 Å². The van der Waals surface area contributed by atoms with Gasteiger partial charge >= 0.3 is 23.9 Å². The first-order valence-corrected chi connectivity index (χ1v) is 15.7. The zero-order valence-corrected chi connectivity index (χ0v) is 26.9. The number of hydrogen-bond donors (Lipinski definition) is 0. The Hall–Kier alpha value is -2.68. The molecular weight excluding hydrogens is 552 g/mol. The SMILES string of the molecule is CC(=O)O[C@H]1CC(=O)OC(C)(C)[C@@H]2C[C@@H](OC(C)=O)[C@@]3(C)C4=CC[C@@H](C5=C[C@H]([C@@H]6OC6(C)C)OC5=O)[C@]4(C)CC[C@@H]3[C@@]12C. The molecule has 6 aliphatic rings. The van der Waals surface area contributed by atoms with E-state index in [2.05, 4.69) is 26.8 Å². The molecule has 9 nitrogen and oxygen atoms in total. The van der Waals surface area contributed by atoms with Gasteiger partial charge in [-0.3, -0.25) is 14.4 Å². The van der Waals surface area contributed by atoms with Gasteiger partial charge in [0.05, 0.1) is 12.0 Å². The fourth-order valence-electron chi connectivity index (χ4n) is 10.4. The van der Waals surface area contributed by atoms with Crippen molar-refractivity contribution in [3.05, 3.63) is 23.3 Å². The van der Waals surface area contributed by atoms with Crippen LogP contribution in [0.4, 0.5) is 0 Å². The number of allylic oxidation sites excluding steroid dienone is 1. The van der Waals surface area contributed by atoms with Crippen LogP contribution in [0, 0.1) is 34.0 Å². The number of esters is 4. The summed E-state index contributed by atoms with van der Waals surface area (Å²) in [6.07, 6.45) is 5.10. The average molecular weight is 599 g/mol. The van der Waals surface area contributed by atoms with Crippen LogP contribution in [0.1, 0.15) is 94.4 Å². The van der Waals surface area contributed by atoms with Crippen LogP contribution in [0.15, 0.2) is 23.3 Å². The van der Waals surface area contributed by atoms with Gasteiger partial charge in [-0.25, -0.2) is 4.79 Å². The predicted octanol–water partition coefficient (Wildman–Crippen LogP) is 5.00. The van der Waals surface area contributed by atoms with Crippen LogP contribution in [-0.2, 0) is 42.9 Å². The highest BCUT2D eigenvalue weighted by Gasteiger charge is 2.72. The number of carbonyl (C=O) groups is 4. The normalized spacial score (nSPS) is 45.7. The van der Waals surface area contributed by atoms with Gasteiger partial charge in [0.1, 0.15) is 23.9 Å². The monoisotopic (exact) mass is 598 g/mol. The molecule has 2 saturated carbocycles. The molecule has 10 atom stereocenters. The molecule has 3 heterocycles. The fraction of sp³-hybridized carbons (Fsp3) is 0.765. The number of hydrogen-bond acceptors (Lipinski definition) is 9. The summed E-state index contributed by atoms with van der Waals surface area (Å²) in [6, 6.07) is 0. The first-order valence-electron chi connectivity index (χ1n) is 15.7. The Balaban J connectivity index is 1.44. The van der Waals surface area contributed by atoms with Crippen LogP contribution < -0.4 is 0 Å². The molecule has 0 bridgehead atoms. The molecule has 0 aromatic heterocycles. The van der Waals surface area contributed by atoms with Gasteiger partial charge in [0.25, 0.3) is 0 Å². The van der Waals surface area contributed by atoms with Gasteiger partial charge in [0.2, 0.25) is 0 Å². The summed E-state index contributed by atoms with van der Waals surface area (Å²) in [5.74, 6) is -1.91. The van der Waals surface area contributed by atoms with Crippen molar-refractivity contribution >= 4 is 23.9 Å². The molecular formula is C34H46O9. The first kappa shape index (κ1) is 30.4. The van der Waals surface area contributed by atoms with E-state index >= 15 is 0 Å². The van der Waals surface area contributed by atoms with Crippen LogP contribution in [0.3, 0.4) is 0 Å². The van der Waals surface area contributed by atoms with Crippen molar-refractivity contribution in [2.24, 2.45) is 34.0 Å². The quantitative estimate of drug-likeness (QED) is 0.191. The van der Waals surface area contributed by atoms with Crippen molar-refractivity contribution in [1.29, 1.82) is 0 Å². The minimum absolute atomic E-state index is 0.0283. The highest BCUT2D eigenvalue weighted by Crippen LogP contribution is 2.72. The van der Waals surface area contributed by atoms with Crippen molar-refractivity contribution in [3.63, 3.8) is 0 Å². The average Bonchev–Trinajstić information content (AvgIpc) is 3.18. The van der Waals surface area contributed by atoms with E-state index in [-0.39, 0.29) is 53.2 Å². The van der Waals surface area contributed by atoms with Gasteiger partial charge in [0, 0.05) is 42.1 Å². The maximum absolute atomic E-state index is 13.3. The maximum Gasteiger partial charge on any atom is 0.334 e. The zero-order valence-electron chi connectivity index (χ0n) is 26.9. The summed E-state index contributed by atoms with van der Waals surface area (Å²) in [4.78, 5) is 51.4. The number of ether oxygens (including phenoxy) is 5. The van der Waals surface area contributed by atoms with Crippen LogP contribution in [0.5, 0.6) is 0 Å². The van der Waals surface area contributed by atoms with E-state index in [0.717, 1.165) is 12.8 Å². The summed E-state index contributed by atoms with van der Waals surface area (Å²) < 4.78 is 29.8. The Labute approximate surface area is 254 Å². The van der Waals surface area contributed by atoms with Crippen molar-refractivity contribution in [3.8, 4) is 0 Å². The molecule has 9 heteroatoms. The van der Waals surface area contributed by atoms with Crippen molar-refractivity contribution in [1.82, 2.24) is 0 Å². The molecule has 0 aromatic rings. The molecule has 236 valence electrons. The second kappa shape index (κ2) is 9.41. The van der Waals surface area contributed by atoms with Crippen LogP contribution in [0.2, 0.25) is 0 Å². The first-order chi connectivity index (χ1) is 19.9. The van der Waals surface area contributed by atoms with Gasteiger partial charge in [-0.1, -0.05) is 32.4 Å².